The van der Waals surface area contributed by atoms with E-state index in [0.717, 1.165) is 25.7 Å². The van der Waals surface area contributed by atoms with Crippen molar-refractivity contribution in [2.75, 3.05) is 33.5 Å². The fraction of sp³-hybridized carbons (Fsp3) is 0.895. The third-order valence-corrected chi connectivity index (χ3v) is 5.44. The summed E-state index contributed by atoms with van der Waals surface area (Å²) in [7, 11) is 1.58. The molecule has 1 aliphatic carbocycles. The Morgan fingerprint density at radius 3 is 2.59 bits per heavy atom. The summed E-state index contributed by atoms with van der Waals surface area (Å²) in [5.41, 5.74) is 0. The van der Waals surface area contributed by atoms with Crippen LogP contribution in [0.1, 0.15) is 46.0 Å². The van der Waals surface area contributed by atoms with Gasteiger partial charge in [0.1, 0.15) is 24.9 Å². The molecule has 1 saturated carbocycles. The Balaban J connectivity index is 1.66. The SMILES string of the molecule is COCCOCC(=O)N1C[C@@H]2OC(C)(C)O[C@@H]2[C@H]1C(=O)NC1CCCCC1. The first-order chi connectivity index (χ1) is 12.9. The predicted molar refractivity (Wildman–Crippen MR) is 97.0 cm³/mol. The van der Waals surface area contributed by atoms with E-state index in [1.807, 2.05) is 13.8 Å². The molecule has 0 bridgehead atoms. The molecule has 2 saturated heterocycles. The molecule has 27 heavy (non-hydrogen) atoms. The lowest BCUT2D eigenvalue weighted by atomic mass is 9.95. The molecule has 2 heterocycles. The van der Waals surface area contributed by atoms with E-state index < -0.39 is 17.9 Å². The van der Waals surface area contributed by atoms with E-state index in [0.29, 0.717) is 19.8 Å². The van der Waals surface area contributed by atoms with E-state index >= 15 is 0 Å². The van der Waals surface area contributed by atoms with Crippen LogP contribution in [0.25, 0.3) is 0 Å². The van der Waals surface area contributed by atoms with Crippen molar-refractivity contribution in [2.24, 2.45) is 0 Å². The smallest absolute Gasteiger partial charge is 0.249 e. The fourth-order valence-electron chi connectivity index (χ4n) is 4.22. The molecule has 3 rings (SSSR count). The van der Waals surface area contributed by atoms with Crippen molar-refractivity contribution in [3.63, 3.8) is 0 Å². The standard InChI is InChI=1S/C19H32N2O6/c1-19(2)26-14-11-21(15(22)12-25-10-9-24-3)16(17(14)27-19)18(23)20-13-7-5-4-6-8-13/h13-14,16-17H,4-12H2,1-3H3,(H,20,23)/t14-,16-,17-/m0/s1. The number of ether oxygens (including phenoxy) is 4. The molecule has 2 amide bonds. The maximum Gasteiger partial charge on any atom is 0.249 e. The third-order valence-electron chi connectivity index (χ3n) is 5.44. The number of fused-ring (bicyclic) bond motifs is 1. The van der Waals surface area contributed by atoms with Gasteiger partial charge in [0.2, 0.25) is 11.8 Å². The van der Waals surface area contributed by atoms with Gasteiger partial charge >= 0.3 is 0 Å². The highest BCUT2D eigenvalue weighted by Crippen LogP contribution is 2.37. The summed E-state index contributed by atoms with van der Waals surface area (Å²) >= 11 is 0. The van der Waals surface area contributed by atoms with Crippen LogP contribution >= 0.6 is 0 Å². The quantitative estimate of drug-likeness (QED) is 0.655. The predicted octanol–water partition coefficient (Wildman–Crippen LogP) is 0.829. The third kappa shape index (κ3) is 4.99. The monoisotopic (exact) mass is 384 g/mol. The maximum atomic E-state index is 13.1. The van der Waals surface area contributed by atoms with Crippen molar-refractivity contribution >= 4 is 11.8 Å². The lowest BCUT2D eigenvalue weighted by Gasteiger charge is -2.31. The summed E-state index contributed by atoms with van der Waals surface area (Å²) < 4.78 is 22.2. The Bertz CT molecular complexity index is 534. The van der Waals surface area contributed by atoms with E-state index in [1.54, 1.807) is 12.0 Å². The second-order valence-electron chi connectivity index (χ2n) is 8.02. The molecule has 8 heteroatoms. The molecule has 8 nitrogen and oxygen atoms in total. The molecule has 0 aromatic heterocycles. The summed E-state index contributed by atoms with van der Waals surface area (Å²) in [5, 5.41) is 3.13. The van der Waals surface area contributed by atoms with Crippen LogP contribution in [0.3, 0.4) is 0 Å². The Kier molecular flexibility index (Phi) is 6.73. The molecule has 0 radical (unpaired) electrons. The number of nitrogens with one attached hydrogen (secondary N) is 1. The number of hydrogen-bond donors (Lipinski definition) is 1. The summed E-state index contributed by atoms with van der Waals surface area (Å²) in [6, 6.07) is -0.507. The van der Waals surface area contributed by atoms with E-state index in [4.69, 9.17) is 18.9 Å². The van der Waals surface area contributed by atoms with Gasteiger partial charge in [-0.25, -0.2) is 0 Å². The van der Waals surface area contributed by atoms with Crippen molar-refractivity contribution in [1.29, 1.82) is 0 Å². The lowest BCUT2D eigenvalue weighted by molar-refractivity contribution is -0.171. The highest BCUT2D eigenvalue weighted by Gasteiger charge is 2.56. The summed E-state index contributed by atoms with van der Waals surface area (Å²) in [6.45, 7) is 4.68. The van der Waals surface area contributed by atoms with Crippen molar-refractivity contribution in [3.05, 3.63) is 0 Å². The van der Waals surface area contributed by atoms with Gasteiger partial charge in [-0.05, 0) is 26.7 Å². The van der Waals surface area contributed by atoms with Crippen LogP contribution in [0.15, 0.2) is 0 Å². The van der Waals surface area contributed by atoms with Gasteiger partial charge < -0.3 is 29.2 Å². The second-order valence-corrected chi connectivity index (χ2v) is 8.02. The normalized spacial score (nSPS) is 30.3. The van der Waals surface area contributed by atoms with Gasteiger partial charge in [-0.3, -0.25) is 9.59 Å². The highest BCUT2D eigenvalue weighted by molar-refractivity contribution is 5.89. The number of amides is 2. The minimum absolute atomic E-state index is 0.0839. The first-order valence-corrected chi connectivity index (χ1v) is 9.93. The molecule has 0 aromatic rings. The van der Waals surface area contributed by atoms with Crippen molar-refractivity contribution in [3.8, 4) is 0 Å². The Morgan fingerprint density at radius 2 is 1.89 bits per heavy atom. The Hall–Kier alpha value is -1.22. The molecule has 0 spiro atoms. The number of methoxy groups -OCH3 is 1. The maximum absolute atomic E-state index is 13.1. The van der Waals surface area contributed by atoms with Gasteiger partial charge in [0, 0.05) is 13.2 Å². The number of nitrogens with zero attached hydrogens (tertiary/aromatic N) is 1. The lowest BCUT2D eigenvalue weighted by Crippen LogP contribution is -2.54. The van der Waals surface area contributed by atoms with Crippen LogP contribution < -0.4 is 5.32 Å². The zero-order valence-corrected chi connectivity index (χ0v) is 16.6. The summed E-state index contributed by atoms with van der Waals surface area (Å²) in [6.07, 6.45) is 4.70. The minimum Gasteiger partial charge on any atom is -0.382 e. The number of hydrogen-bond acceptors (Lipinski definition) is 6. The molecule has 0 aromatic carbocycles. The van der Waals surface area contributed by atoms with Gasteiger partial charge in [0.05, 0.1) is 19.8 Å². The van der Waals surface area contributed by atoms with Crippen LogP contribution in [0.4, 0.5) is 0 Å². The molecular formula is C19H32N2O6. The van der Waals surface area contributed by atoms with Crippen molar-refractivity contribution in [2.45, 2.75) is 76.0 Å². The molecule has 3 aliphatic rings. The first kappa shape index (κ1) is 20.5. The van der Waals surface area contributed by atoms with Crippen LogP contribution in [0.5, 0.6) is 0 Å². The molecule has 1 N–H and O–H groups in total. The molecule has 3 atom stereocenters. The van der Waals surface area contributed by atoms with Gasteiger partial charge in [-0.1, -0.05) is 19.3 Å². The fourth-order valence-corrected chi connectivity index (χ4v) is 4.22. The average Bonchev–Trinajstić information content (AvgIpc) is 3.11. The largest absolute Gasteiger partial charge is 0.382 e. The first-order valence-electron chi connectivity index (χ1n) is 9.93. The second kappa shape index (κ2) is 8.86. The molecule has 154 valence electrons. The minimum atomic E-state index is -0.747. The van der Waals surface area contributed by atoms with Gasteiger partial charge in [0.15, 0.2) is 5.79 Å². The number of carbonyl (C=O) groups is 2. The van der Waals surface area contributed by atoms with E-state index in [9.17, 15) is 9.59 Å². The van der Waals surface area contributed by atoms with E-state index in [1.165, 1.54) is 6.42 Å². The van der Waals surface area contributed by atoms with Crippen LogP contribution in [0.2, 0.25) is 0 Å². The molecule has 3 fully saturated rings. The van der Waals surface area contributed by atoms with Crippen molar-refractivity contribution < 1.29 is 28.5 Å². The van der Waals surface area contributed by atoms with E-state index in [-0.39, 0.29) is 30.6 Å². The summed E-state index contributed by atoms with van der Waals surface area (Å²) in [4.78, 5) is 27.3. The zero-order valence-electron chi connectivity index (χ0n) is 16.6. The molecule has 2 aliphatic heterocycles. The van der Waals surface area contributed by atoms with Crippen molar-refractivity contribution in [1.82, 2.24) is 10.2 Å². The van der Waals surface area contributed by atoms with Gasteiger partial charge in [0.25, 0.3) is 0 Å². The van der Waals surface area contributed by atoms with E-state index in [2.05, 4.69) is 5.32 Å². The van der Waals surface area contributed by atoms with Crippen LogP contribution in [-0.2, 0) is 28.5 Å². The van der Waals surface area contributed by atoms with Crippen LogP contribution in [-0.4, -0.2) is 80.3 Å². The summed E-state index contributed by atoms with van der Waals surface area (Å²) in [5.74, 6) is -1.13. The Labute approximate surface area is 160 Å². The number of carbonyl (C=O) groups excluding carboxylic acids is 2. The zero-order chi connectivity index (χ0) is 19.4. The number of likely N-dealkylation sites (tertiary alicyclic amines) is 1. The average molecular weight is 384 g/mol. The Morgan fingerprint density at radius 1 is 1.15 bits per heavy atom. The van der Waals surface area contributed by atoms with Gasteiger partial charge in [-0.2, -0.15) is 0 Å². The molecule has 0 unspecified atom stereocenters. The number of rotatable bonds is 7. The highest BCUT2D eigenvalue weighted by atomic mass is 16.8. The van der Waals surface area contributed by atoms with Crippen LogP contribution in [0, 0.1) is 0 Å². The van der Waals surface area contributed by atoms with Gasteiger partial charge in [-0.15, -0.1) is 0 Å². The molecular weight excluding hydrogens is 352 g/mol. The topological polar surface area (TPSA) is 86.3 Å².